The first-order valence-electron chi connectivity index (χ1n) is 18.4. The van der Waals surface area contributed by atoms with Gasteiger partial charge in [0.2, 0.25) is 5.91 Å². The number of hydrogen-bond acceptors (Lipinski definition) is 9. The predicted molar refractivity (Wildman–Crippen MR) is 179 cm³/mol. The molecule has 0 spiro atoms. The maximum atomic E-state index is 12.3. The molecule has 0 aromatic carbocycles. The summed E-state index contributed by atoms with van der Waals surface area (Å²) < 4.78 is 25.7. The minimum absolute atomic E-state index is 0. The molecule has 0 aromatic heterocycles. The van der Waals surface area contributed by atoms with Crippen LogP contribution in [0.1, 0.15) is 181 Å². The van der Waals surface area contributed by atoms with E-state index in [-0.39, 0.29) is 84.5 Å². The molecule has 0 fully saturated rings. The number of ether oxygens (including phenoxy) is 2. The second-order valence-corrected chi connectivity index (χ2v) is 13.8. The molecule has 1 N–H and O–H groups in total. The summed E-state index contributed by atoms with van der Waals surface area (Å²) in [6, 6.07) is 0. The van der Waals surface area contributed by atoms with Gasteiger partial charge in [0.1, 0.15) is 6.61 Å². The van der Waals surface area contributed by atoms with E-state index in [1.807, 2.05) is 0 Å². The first kappa shape index (κ1) is 52.9. The molecule has 0 aliphatic rings. The Morgan fingerprint density at radius 1 is 0.583 bits per heavy atom. The van der Waals surface area contributed by atoms with Crippen LogP contribution in [0.25, 0.3) is 0 Å². The molecule has 0 saturated heterocycles. The summed E-state index contributed by atoms with van der Waals surface area (Å²) in [7, 11) is -5.25. The Bertz CT molecular complexity index is 802. The first-order valence-corrected chi connectivity index (χ1v) is 19.9. The van der Waals surface area contributed by atoms with Crippen LogP contribution in [0.15, 0.2) is 0 Å². The van der Waals surface area contributed by atoms with Crippen LogP contribution in [-0.2, 0) is 32.9 Å². The topological polar surface area (TPSA) is 154 Å². The number of hydrogen-bond donors (Lipinski definition) is 1. The van der Waals surface area contributed by atoms with Gasteiger partial charge in [-0.25, -0.2) is 0 Å². The maximum absolute atomic E-state index is 12.3. The standard InChI is InChI=1S/C35H68NO9P.2Na/c1-3-4-5-6-7-8-9-10-12-16-19-22-25-28-35(39)45-33(31-44-46(40,41)42)30-43-34(38)27-24-21-18-15-13-11-14-17-20-23-26-29-36-32(2)37;;/h33H,3-31H2,1-2H3,(H,36,37)(H2,40,41,42);;/q;2*+1/p-2/t33-;;/m1../s1. The second-order valence-electron chi connectivity index (χ2n) is 12.7. The molecule has 0 saturated carbocycles. The molecule has 0 aromatic rings. The van der Waals surface area contributed by atoms with E-state index < -0.39 is 32.5 Å². The fourth-order valence-electron chi connectivity index (χ4n) is 5.33. The molecule has 13 heteroatoms. The molecule has 272 valence electrons. The van der Waals surface area contributed by atoms with Gasteiger partial charge < -0.3 is 33.7 Å². The Labute approximate surface area is 336 Å². The van der Waals surface area contributed by atoms with Crippen molar-refractivity contribution in [3.8, 4) is 0 Å². The van der Waals surface area contributed by atoms with Gasteiger partial charge in [-0.2, -0.15) is 0 Å². The number of unbranched alkanes of at least 4 members (excludes halogenated alkanes) is 22. The van der Waals surface area contributed by atoms with Crippen LogP contribution in [0, 0.1) is 0 Å². The van der Waals surface area contributed by atoms with Gasteiger partial charge in [0, 0.05) is 26.3 Å². The molecule has 0 heterocycles. The molecule has 0 aliphatic carbocycles. The molecule has 1 atom stereocenters. The quantitative estimate of drug-likeness (QED) is 0.0452. The van der Waals surface area contributed by atoms with Crippen LogP contribution in [-0.4, -0.2) is 43.7 Å². The monoisotopic (exact) mass is 721 g/mol. The van der Waals surface area contributed by atoms with Crippen LogP contribution < -0.4 is 74.2 Å². The Hall–Kier alpha value is 0.520. The van der Waals surface area contributed by atoms with Gasteiger partial charge in [0.05, 0.1) is 14.4 Å². The number of carbonyl (C=O) groups is 3. The van der Waals surface area contributed by atoms with Gasteiger partial charge in [-0.15, -0.1) is 0 Å². The van der Waals surface area contributed by atoms with Crippen LogP contribution in [0.4, 0.5) is 0 Å². The molecule has 48 heavy (non-hydrogen) atoms. The summed E-state index contributed by atoms with van der Waals surface area (Å²) in [6.07, 6.45) is 26.7. The van der Waals surface area contributed by atoms with E-state index in [9.17, 15) is 28.7 Å². The number of rotatable bonds is 34. The molecule has 0 bridgehead atoms. The van der Waals surface area contributed by atoms with E-state index in [0.717, 1.165) is 57.9 Å². The maximum Gasteiger partial charge on any atom is 1.00 e. The molecule has 1 amide bonds. The van der Waals surface area contributed by atoms with Crippen LogP contribution in [0.2, 0.25) is 0 Å². The summed E-state index contributed by atoms with van der Waals surface area (Å²) in [6.45, 7) is 3.51. The zero-order chi connectivity index (χ0) is 34.1. The Morgan fingerprint density at radius 2 is 0.958 bits per heavy atom. The van der Waals surface area contributed by atoms with E-state index in [0.29, 0.717) is 12.8 Å². The van der Waals surface area contributed by atoms with Crippen molar-refractivity contribution in [2.45, 2.75) is 187 Å². The van der Waals surface area contributed by atoms with Crippen molar-refractivity contribution in [2.75, 3.05) is 19.8 Å². The van der Waals surface area contributed by atoms with Crippen molar-refractivity contribution in [3.05, 3.63) is 0 Å². The summed E-state index contributed by atoms with van der Waals surface area (Å²) in [4.78, 5) is 57.1. The van der Waals surface area contributed by atoms with Crippen molar-refractivity contribution in [3.63, 3.8) is 0 Å². The summed E-state index contributed by atoms with van der Waals surface area (Å²) >= 11 is 0. The van der Waals surface area contributed by atoms with Crippen LogP contribution in [0.3, 0.4) is 0 Å². The zero-order valence-corrected chi connectivity index (χ0v) is 36.1. The van der Waals surface area contributed by atoms with Gasteiger partial charge in [-0.05, 0) is 19.3 Å². The molecule has 0 unspecified atom stereocenters. The fraction of sp³-hybridized carbons (Fsp3) is 0.914. The molecule has 0 rings (SSSR count). The second kappa shape index (κ2) is 38.7. The molecular formula is C35H66NNa2O9P. The number of phosphoric acid groups is 1. The SMILES string of the molecule is CCCCCCCCCCCCCCCC(=O)O[C@H](COC(=O)CCCCCCCCCCCCCNC(C)=O)COP(=O)([O-])[O-].[Na+].[Na+]. The Balaban J connectivity index is -0.0000101. The first-order chi connectivity index (χ1) is 22.1. The van der Waals surface area contributed by atoms with Crippen LogP contribution in [0.5, 0.6) is 0 Å². The molecule has 0 radical (unpaired) electrons. The fourth-order valence-corrected chi connectivity index (χ4v) is 5.68. The van der Waals surface area contributed by atoms with E-state index in [4.69, 9.17) is 9.47 Å². The molecule has 10 nitrogen and oxygen atoms in total. The minimum Gasteiger partial charge on any atom is -0.790 e. The van der Waals surface area contributed by atoms with E-state index in [1.165, 1.54) is 96.8 Å². The normalized spacial score (nSPS) is 11.7. The van der Waals surface area contributed by atoms with E-state index >= 15 is 0 Å². The number of phosphoric ester groups is 1. The van der Waals surface area contributed by atoms with E-state index in [2.05, 4.69) is 16.8 Å². The number of esters is 2. The Kier molecular flexibility index (Phi) is 42.7. The third-order valence-electron chi connectivity index (χ3n) is 8.06. The van der Waals surface area contributed by atoms with Gasteiger partial charge in [-0.3, -0.25) is 14.4 Å². The van der Waals surface area contributed by atoms with Crippen molar-refractivity contribution >= 4 is 25.7 Å². The average Bonchev–Trinajstić information content (AvgIpc) is 3.00. The zero-order valence-electron chi connectivity index (χ0n) is 31.2. The summed E-state index contributed by atoms with van der Waals surface area (Å²) in [5.41, 5.74) is 0. The van der Waals surface area contributed by atoms with Crippen molar-refractivity contribution in [1.82, 2.24) is 5.32 Å². The van der Waals surface area contributed by atoms with Crippen molar-refractivity contribution in [2.24, 2.45) is 0 Å². The smallest absolute Gasteiger partial charge is 0.790 e. The predicted octanol–water partition coefficient (Wildman–Crippen LogP) is 1.59. The van der Waals surface area contributed by atoms with Crippen molar-refractivity contribution in [1.29, 1.82) is 0 Å². The van der Waals surface area contributed by atoms with E-state index in [1.54, 1.807) is 0 Å². The third-order valence-corrected chi connectivity index (χ3v) is 8.53. The Morgan fingerprint density at radius 3 is 1.35 bits per heavy atom. The molecular weight excluding hydrogens is 655 g/mol. The van der Waals surface area contributed by atoms with Gasteiger partial charge in [-0.1, -0.05) is 142 Å². The number of amides is 1. The summed E-state index contributed by atoms with van der Waals surface area (Å²) in [5, 5.41) is 2.81. The molecule has 0 aliphatic heterocycles. The number of nitrogens with one attached hydrogen (secondary N) is 1. The third kappa shape index (κ3) is 42.7. The van der Waals surface area contributed by atoms with Gasteiger partial charge in [0.25, 0.3) is 0 Å². The largest absolute Gasteiger partial charge is 1.00 e. The van der Waals surface area contributed by atoms with Gasteiger partial charge in [0.15, 0.2) is 6.10 Å². The average molecular weight is 722 g/mol. The van der Waals surface area contributed by atoms with Gasteiger partial charge >= 0.3 is 71.1 Å². The minimum atomic E-state index is -5.25. The van der Waals surface area contributed by atoms with Crippen LogP contribution >= 0.6 is 7.82 Å². The summed E-state index contributed by atoms with van der Waals surface area (Å²) in [5.74, 6) is -0.953. The van der Waals surface area contributed by atoms with Crippen molar-refractivity contribution < 1.29 is 102 Å². The number of carbonyl (C=O) groups excluding carboxylic acids is 3.